The van der Waals surface area contributed by atoms with Crippen molar-refractivity contribution in [3.63, 3.8) is 0 Å². The van der Waals surface area contributed by atoms with Gasteiger partial charge >= 0.3 is 0 Å². The molecule has 158 valence electrons. The van der Waals surface area contributed by atoms with E-state index < -0.39 is 0 Å². The van der Waals surface area contributed by atoms with E-state index in [2.05, 4.69) is 10.2 Å². The Balaban J connectivity index is 1.86. The van der Waals surface area contributed by atoms with Crippen LogP contribution in [0.15, 0.2) is 35.3 Å². The fourth-order valence-electron chi connectivity index (χ4n) is 4.22. The fraction of sp³-hybridized carbons (Fsp3) is 0.478. The Labute approximate surface area is 176 Å². The van der Waals surface area contributed by atoms with Crippen molar-refractivity contribution in [3.8, 4) is 5.69 Å². The van der Waals surface area contributed by atoms with Gasteiger partial charge in [0.25, 0.3) is 5.56 Å². The summed E-state index contributed by atoms with van der Waals surface area (Å²) in [6.45, 7) is 9.88. The van der Waals surface area contributed by atoms with Crippen molar-refractivity contribution >= 4 is 16.8 Å². The number of fused-ring (bicyclic) bond motifs is 1. The van der Waals surface area contributed by atoms with Crippen LogP contribution in [-0.2, 0) is 11.3 Å². The van der Waals surface area contributed by atoms with Crippen molar-refractivity contribution in [2.75, 3.05) is 0 Å². The minimum absolute atomic E-state index is 0.0531. The Morgan fingerprint density at radius 2 is 1.83 bits per heavy atom. The molecule has 1 aliphatic rings. The molecule has 7 nitrogen and oxygen atoms in total. The Morgan fingerprint density at radius 1 is 1.17 bits per heavy atom. The van der Waals surface area contributed by atoms with E-state index in [1.807, 2.05) is 58.9 Å². The van der Waals surface area contributed by atoms with Gasteiger partial charge in [-0.05, 0) is 59.1 Å². The van der Waals surface area contributed by atoms with Crippen molar-refractivity contribution in [3.05, 3.63) is 52.1 Å². The van der Waals surface area contributed by atoms with E-state index in [1.165, 1.54) is 4.68 Å². The number of carbonyl (C=O) groups excluding carboxylic acids is 1. The minimum atomic E-state index is -0.282. The summed E-state index contributed by atoms with van der Waals surface area (Å²) in [5.41, 5.74) is 2.98. The second kappa shape index (κ2) is 7.70. The van der Waals surface area contributed by atoms with Crippen molar-refractivity contribution in [1.82, 2.24) is 24.5 Å². The summed E-state index contributed by atoms with van der Waals surface area (Å²) in [6.07, 6.45) is 3.84. The maximum atomic E-state index is 13.5. The first-order valence-corrected chi connectivity index (χ1v) is 10.7. The standard InChI is InChI=1S/C23H29N5O2/c1-14(2)27(15(3)4)20(29)13-26-23(30)22-18(21(25-26)17-10-11-17)12-24-28(22)19-9-7-6-8-16(19)5/h6-9,12,14-15,17H,10-11,13H2,1-5H3. The number of nitrogens with zero attached hydrogens (tertiary/aromatic N) is 5. The monoisotopic (exact) mass is 407 g/mol. The SMILES string of the molecule is Cc1ccccc1-n1ncc2c(C3CC3)nn(CC(=O)N(C(C)C)C(C)C)c(=O)c21. The highest BCUT2D eigenvalue weighted by atomic mass is 16.2. The smallest absolute Gasteiger partial charge is 0.293 e. The molecular formula is C23H29N5O2. The van der Waals surface area contributed by atoms with Gasteiger partial charge in [0.2, 0.25) is 5.91 Å². The number of hydrogen-bond acceptors (Lipinski definition) is 4. The van der Waals surface area contributed by atoms with Gasteiger partial charge in [0.15, 0.2) is 0 Å². The van der Waals surface area contributed by atoms with E-state index >= 15 is 0 Å². The lowest BCUT2D eigenvalue weighted by atomic mass is 10.1. The number of hydrogen-bond donors (Lipinski definition) is 0. The van der Waals surface area contributed by atoms with Crippen LogP contribution < -0.4 is 5.56 Å². The van der Waals surface area contributed by atoms with Crippen LogP contribution in [0.3, 0.4) is 0 Å². The number of carbonyl (C=O) groups is 1. The molecule has 0 unspecified atom stereocenters. The van der Waals surface area contributed by atoms with Crippen LogP contribution in [0.5, 0.6) is 0 Å². The highest BCUT2D eigenvalue weighted by Crippen LogP contribution is 2.41. The summed E-state index contributed by atoms with van der Waals surface area (Å²) in [7, 11) is 0. The highest BCUT2D eigenvalue weighted by Gasteiger charge is 2.31. The van der Waals surface area contributed by atoms with Gasteiger partial charge in [0, 0.05) is 23.4 Å². The predicted octanol–water partition coefficient (Wildman–Crippen LogP) is 3.41. The van der Waals surface area contributed by atoms with Gasteiger partial charge in [0.1, 0.15) is 12.1 Å². The minimum Gasteiger partial charge on any atom is -0.336 e. The molecule has 1 amide bonds. The number of rotatable bonds is 6. The molecule has 2 aromatic heterocycles. The Morgan fingerprint density at radius 3 is 2.43 bits per heavy atom. The van der Waals surface area contributed by atoms with E-state index in [1.54, 1.807) is 15.8 Å². The molecule has 1 saturated carbocycles. The molecule has 0 radical (unpaired) electrons. The van der Waals surface area contributed by atoms with Crippen LogP contribution in [-0.4, -0.2) is 42.5 Å². The first-order chi connectivity index (χ1) is 14.3. The predicted molar refractivity (Wildman–Crippen MR) is 117 cm³/mol. The molecule has 3 aromatic rings. The number of benzene rings is 1. The van der Waals surface area contributed by atoms with Crippen LogP contribution in [0, 0.1) is 6.92 Å². The van der Waals surface area contributed by atoms with Gasteiger partial charge in [-0.3, -0.25) is 9.59 Å². The highest BCUT2D eigenvalue weighted by molar-refractivity contribution is 5.83. The van der Waals surface area contributed by atoms with Gasteiger partial charge < -0.3 is 4.90 Å². The van der Waals surface area contributed by atoms with E-state index in [4.69, 9.17) is 0 Å². The summed E-state index contributed by atoms with van der Waals surface area (Å²) < 4.78 is 3.04. The lowest BCUT2D eigenvalue weighted by Crippen LogP contribution is -2.45. The van der Waals surface area contributed by atoms with Crippen molar-refractivity contribution in [2.45, 2.75) is 72.0 Å². The van der Waals surface area contributed by atoms with E-state index in [0.717, 1.165) is 35.2 Å². The van der Waals surface area contributed by atoms with Crippen LogP contribution in [0.25, 0.3) is 16.6 Å². The quantitative estimate of drug-likeness (QED) is 0.628. The lowest BCUT2D eigenvalue weighted by molar-refractivity contribution is -0.135. The largest absolute Gasteiger partial charge is 0.336 e. The lowest BCUT2D eigenvalue weighted by Gasteiger charge is -2.30. The third kappa shape index (κ3) is 3.53. The number of amides is 1. The van der Waals surface area contributed by atoms with Gasteiger partial charge in [-0.2, -0.15) is 10.2 Å². The zero-order valence-electron chi connectivity index (χ0n) is 18.3. The van der Waals surface area contributed by atoms with E-state index in [9.17, 15) is 9.59 Å². The zero-order valence-corrected chi connectivity index (χ0v) is 18.3. The summed E-state index contributed by atoms with van der Waals surface area (Å²) in [4.78, 5) is 28.3. The molecule has 7 heteroatoms. The van der Waals surface area contributed by atoms with Crippen LogP contribution in [0.2, 0.25) is 0 Å². The molecule has 0 atom stereocenters. The van der Waals surface area contributed by atoms with Crippen molar-refractivity contribution in [1.29, 1.82) is 0 Å². The second-order valence-corrected chi connectivity index (χ2v) is 8.72. The average molecular weight is 408 g/mol. The number of aromatic nitrogens is 4. The first kappa shape index (κ1) is 20.3. The summed E-state index contributed by atoms with van der Waals surface area (Å²) in [5, 5.41) is 9.96. The molecule has 0 N–H and O–H groups in total. The van der Waals surface area contributed by atoms with Gasteiger partial charge in [0.05, 0.1) is 17.6 Å². The fourth-order valence-corrected chi connectivity index (χ4v) is 4.22. The van der Waals surface area contributed by atoms with E-state index in [0.29, 0.717) is 11.4 Å². The maximum Gasteiger partial charge on any atom is 0.293 e. The summed E-state index contributed by atoms with van der Waals surface area (Å²) in [6, 6.07) is 7.95. The van der Waals surface area contributed by atoms with Crippen molar-refractivity contribution in [2.24, 2.45) is 0 Å². The second-order valence-electron chi connectivity index (χ2n) is 8.72. The van der Waals surface area contributed by atoms with Crippen LogP contribution >= 0.6 is 0 Å². The number of para-hydroxylation sites is 1. The van der Waals surface area contributed by atoms with Gasteiger partial charge in [-0.25, -0.2) is 9.36 Å². The Kier molecular flexibility index (Phi) is 5.22. The molecule has 30 heavy (non-hydrogen) atoms. The zero-order chi connectivity index (χ0) is 21.6. The van der Waals surface area contributed by atoms with Crippen LogP contribution in [0.1, 0.15) is 57.7 Å². The third-order valence-electron chi connectivity index (χ3n) is 5.70. The first-order valence-electron chi connectivity index (χ1n) is 10.7. The normalized spacial score (nSPS) is 14.1. The van der Waals surface area contributed by atoms with Crippen molar-refractivity contribution < 1.29 is 4.79 Å². The molecule has 0 bridgehead atoms. The average Bonchev–Trinajstić information content (AvgIpc) is 3.42. The summed E-state index contributed by atoms with van der Waals surface area (Å²) >= 11 is 0. The molecule has 2 heterocycles. The van der Waals surface area contributed by atoms with Gasteiger partial charge in [-0.1, -0.05) is 18.2 Å². The Bertz CT molecular complexity index is 1150. The summed E-state index contributed by atoms with van der Waals surface area (Å²) in [5.74, 6) is 0.230. The maximum absolute atomic E-state index is 13.5. The molecule has 1 fully saturated rings. The Hall–Kier alpha value is -2.96. The van der Waals surface area contributed by atoms with E-state index in [-0.39, 0.29) is 30.1 Å². The number of aryl methyl sites for hydroxylation is 1. The molecule has 0 spiro atoms. The van der Waals surface area contributed by atoms with Gasteiger partial charge in [-0.15, -0.1) is 0 Å². The molecule has 0 aliphatic heterocycles. The topological polar surface area (TPSA) is 73.0 Å². The third-order valence-corrected chi connectivity index (χ3v) is 5.70. The molecule has 1 aliphatic carbocycles. The molecule has 4 rings (SSSR count). The molecular weight excluding hydrogens is 378 g/mol. The van der Waals surface area contributed by atoms with Crippen LogP contribution in [0.4, 0.5) is 0 Å². The molecule has 0 saturated heterocycles. The molecule has 1 aromatic carbocycles.